The number of rotatable bonds is 7. The number of carbonyl (C=O) groups is 1. The molecule has 2 aliphatic carbocycles. The topological polar surface area (TPSA) is 131 Å². The lowest BCUT2D eigenvalue weighted by Crippen LogP contribution is -2.44. The third-order valence-corrected chi connectivity index (χ3v) is 10.5. The Balaban J connectivity index is 1.30. The van der Waals surface area contributed by atoms with Gasteiger partial charge >= 0.3 is 6.03 Å². The second kappa shape index (κ2) is 9.35. The summed E-state index contributed by atoms with van der Waals surface area (Å²) in [5.74, 6) is 1.19. The van der Waals surface area contributed by atoms with E-state index in [1.54, 1.807) is 36.3 Å². The molecule has 6 rings (SSSR count). The Labute approximate surface area is 221 Å². The van der Waals surface area contributed by atoms with Crippen molar-refractivity contribution in [3.05, 3.63) is 48.4 Å². The number of morpholine rings is 1. The summed E-state index contributed by atoms with van der Waals surface area (Å²) in [4.78, 5) is 24.2. The van der Waals surface area contributed by atoms with Gasteiger partial charge in [0.05, 0.1) is 42.1 Å². The monoisotopic (exact) mass is 537 g/mol. The minimum Gasteiger partial charge on any atom is -0.377 e. The lowest BCUT2D eigenvalue weighted by Gasteiger charge is -2.34. The van der Waals surface area contributed by atoms with Crippen LogP contribution in [0, 0.1) is 0 Å². The van der Waals surface area contributed by atoms with Gasteiger partial charge in [-0.1, -0.05) is 0 Å². The number of benzene rings is 1. The van der Waals surface area contributed by atoms with Gasteiger partial charge in [-0.25, -0.2) is 23.2 Å². The molecular formula is C26H31N7O4S. The fraction of sp³-hybridized carbons (Fsp3) is 0.462. The normalized spacial score (nSPS) is 20.7. The summed E-state index contributed by atoms with van der Waals surface area (Å²) in [5, 5.41) is 9.32. The second-order valence-corrected chi connectivity index (χ2v) is 12.9. The minimum absolute atomic E-state index is 0.111. The number of nitrogens with zero attached hydrogens (tertiary/aromatic N) is 5. The molecule has 0 unspecified atom stereocenters. The SMILES string of the molecule is C[C@H]1COCCN1c1cc(C2(S(=O)(=O)C3CC3)CC2)nc(-c2ccc(NC(=O)Nc3cnn(C)c3)cc2)n1. The van der Waals surface area contributed by atoms with Crippen LogP contribution in [0.15, 0.2) is 42.7 Å². The third kappa shape index (κ3) is 4.62. The van der Waals surface area contributed by atoms with E-state index in [9.17, 15) is 13.2 Å². The van der Waals surface area contributed by atoms with Gasteiger partial charge in [-0.2, -0.15) is 5.10 Å². The van der Waals surface area contributed by atoms with Gasteiger partial charge < -0.3 is 20.3 Å². The molecule has 11 nitrogen and oxygen atoms in total. The lowest BCUT2D eigenvalue weighted by atomic mass is 10.1. The summed E-state index contributed by atoms with van der Waals surface area (Å²) in [6.45, 7) is 3.92. The number of aryl methyl sites for hydroxylation is 1. The Hall–Kier alpha value is -3.51. The highest BCUT2D eigenvalue weighted by Crippen LogP contribution is 2.57. The molecule has 0 bridgehead atoms. The molecule has 200 valence electrons. The minimum atomic E-state index is -3.31. The van der Waals surface area contributed by atoms with Crippen molar-refractivity contribution in [1.29, 1.82) is 0 Å². The molecule has 2 saturated carbocycles. The molecule has 2 aromatic heterocycles. The van der Waals surface area contributed by atoms with E-state index in [0.717, 1.165) is 24.2 Å². The van der Waals surface area contributed by atoms with E-state index in [-0.39, 0.29) is 17.3 Å². The van der Waals surface area contributed by atoms with E-state index < -0.39 is 14.6 Å². The van der Waals surface area contributed by atoms with E-state index in [1.807, 2.05) is 18.2 Å². The molecular weight excluding hydrogens is 506 g/mol. The number of urea groups is 1. The van der Waals surface area contributed by atoms with Crippen LogP contribution < -0.4 is 15.5 Å². The molecule has 0 spiro atoms. The van der Waals surface area contributed by atoms with Gasteiger partial charge in [-0.3, -0.25) is 4.68 Å². The predicted octanol–water partition coefficient (Wildman–Crippen LogP) is 3.31. The predicted molar refractivity (Wildman–Crippen MR) is 144 cm³/mol. The van der Waals surface area contributed by atoms with E-state index in [0.29, 0.717) is 55.5 Å². The lowest BCUT2D eigenvalue weighted by molar-refractivity contribution is 0.0985. The Kier molecular flexibility index (Phi) is 6.10. The van der Waals surface area contributed by atoms with Gasteiger partial charge in [0.25, 0.3) is 0 Å². The second-order valence-electron chi connectivity index (χ2n) is 10.4. The van der Waals surface area contributed by atoms with E-state index in [2.05, 4.69) is 27.6 Å². The Morgan fingerprint density at radius 3 is 2.47 bits per heavy atom. The first-order valence-electron chi connectivity index (χ1n) is 12.9. The first-order chi connectivity index (χ1) is 18.2. The van der Waals surface area contributed by atoms with Crippen molar-refractivity contribution in [2.75, 3.05) is 35.3 Å². The largest absolute Gasteiger partial charge is 0.377 e. The van der Waals surface area contributed by atoms with Crippen molar-refractivity contribution in [2.24, 2.45) is 7.05 Å². The zero-order chi connectivity index (χ0) is 26.5. The summed E-state index contributed by atoms with van der Waals surface area (Å²) in [5.41, 5.74) is 2.52. The fourth-order valence-corrected chi connectivity index (χ4v) is 7.45. The van der Waals surface area contributed by atoms with E-state index in [4.69, 9.17) is 14.7 Å². The molecule has 3 fully saturated rings. The van der Waals surface area contributed by atoms with Crippen molar-refractivity contribution in [1.82, 2.24) is 19.7 Å². The average Bonchev–Trinajstić information content (AvgIpc) is 3.82. The molecule has 0 radical (unpaired) electrons. The molecule has 12 heteroatoms. The number of ether oxygens (including phenoxy) is 1. The van der Waals surface area contributed by atoms with Crippen LogP contribution in [0.5, 0.6) is 0 Å². The zero-order valence-electron chi connectivity index (χ0n) is 21.4. The maximum absolute atomic E-state index is 13.4. The highest BCUT2D eigenvalue weighted by Gasteiger charge is 2.61. The van der Waals surface area contributed by atoms with Gasteiger partial charge in [-0.05, 0) is 56.9 Å². The first kappa shape index (κ1) is 24.8. The molecule has 1 saturated heterocycles. The summed E-state index contributed by atoms with van der Waals surface area (Å²) in [6, 6.07) is 8.82. The zero-order valence-corrected chi connectivity index (χ0v) is 22.2. The van der Waals surface area contributed by atoms with Crippen LogP contribution in [0.3, 0.4) is 0 Å². The number of carbonyl (C=O) groups excluding carboxylic acids is 1. The standard InChI is InChI=1S/C26H31N7O4S/c1-17-16-37-12-11-33(17)23-13-22(26(9-10-26)38(35,36)21-7-8-21)30-24(31-23)18-3-5-19(6-4-18)28-25(34)29-20-14-27-32(2)15-20/h3-6,13-15,17,21H,7-12,16H2,1-2H3,(H2,28,29,34)/t17-/m0/s1. The van der Waals surface area contributed by atoms with Gasteiger partial charge in [-0.15, -0.1) is 0 Å². The average molecular weight is 538 g/mol. The Bertz CT molecular complexity index is 1460. The van der Waals surface area contributed by atoms with Crippen molar-refractivity contribution < 1.29 is 17.9 Å². The quantitative estimate of drug-likeness (QED) is 0.469. The van der Waals surface area contributed by atoms with Crippen LogP contribution >= 0.6 is 0 Å². The molecule has 1 aromatic carbocycles. The number of sulfone groups is 1. The van der Waals surface area contributed by atoms with Crippen LogP contribution in [-0.4, -0.2) is 65.2 Å². The molecule has 1 aliphatic heterocycles. The molecule has 3 heterocycles. The summed E-state index contributed by atoms with van der Waals surface area (Å²) in [6.07, 6.45) is 5.92. The number of aromatic nitrogens is 4. The molecule has 3 aliphatic rings. The summed E-state index contributed by atoms with van der Waals surface area (Å²) >= 11 is 0. The third-order valence-electron chi connectivity index (χ3n) is 7.42. The number of nitrogens with one attached hydrogen (secondary N) is 2. The van der Waals surface area contributed by atoms with Gasteiger partial charge in [0.2, 0.25) is 0 Å². The number of hydrogen-bond donors (Lipinski definition) is 2. The summed E-state index contributed by atoms with van der Waals surface area (Å²) < 4.78 is 33.1. The van der Waals surface area contributed by atoms with E-state index >= 15 is 0 Å². The van der Waals surface area contributed by atoms with Crippen LogP contribution in [0.2, 0.25) is 0 Å². The maximum atomic E-state index is 13.4. The van der Waals surface area contributed by atoms with Crippen molar-refractivity contribution in [3.63, 3.8) is 0 Å². The Morgan fingerprint density at radius 1 is 1.11 bits per heavy atom. The van der Waals surface area contributed by atoms with Crippen LogP contribution in [0.25, 0.3) is 11.4 Å². The highest BCUT2D eigenvalue weighted by atomic mass is 32.2. The van der Waals surface area contributed by atoms with Crippen molar-refractivity contribution in [2.45, 2.75) is 48.6 Å². The number of anilines is 3. The first-order valence-corrected chi connectivity index (χ1v) is 14.4. The molecule has 1 atom stereocenters. The molecule has 38 heavy (non-hydrogen) atoms. The van der Waals surface area contributed by atoms with Crippen molar-refractivity contribution in [3.8, 4) is 11.4 Å². The van der Waals surface area contributed by atoms with Crippen LogP contribution in [0.4, 0.5) is 22.0 Å². The number of amides is 2. The van der Waals surface area contributed by atoms with Crippen LogP contribution in [-0.2, 0) is 26.4 Å². The fourth-order valence-electron chi connectivity index (χ4n) is 4.99. The van der Waals surface area contributed by atoms with E-state index in [1.165, 1.54) is 0 Å². The highest BCUT2D eigenvalue weighted by molar-refractivity contribution is 7.93. The van der Waals surface area contributed by atoms with Crippen LogP contribution in [0.1, 0.15) is 38.3 Å². The maximum Gasteiger partial charge on any atom is 0.323 e. The smallest absolute Gasteiger partial charge is 0.323 e. The van der Waals surface area contributed by atoms with Gasteiger partial charge in [0.1, 0.15) is 10.6 Å². The molecule has 2 N–H and O–H groups in total. The van der Waals surface area contributed by atoms with Crippen molar-refractivity contribution >= 4 is 33.1 Å². The summed E-state index contributed by atoms with van der Waals surface area (Å²) in [7, 11) is -1.53. The van der Waals surface area contributed by atoms with Gasteiger partial charge in [0.15, 0.2) is 15.7 Å². The Morgan fingerprint density at radius 2 is 1.84 bits per heavy atom. The molecule has 2 amide bonds. The van der Waals surface area contributed by atoms with Gasteiger partial charge in [0, 0.05) is 37.1 Å². The number of hydrogen-bond acceptors (Lipinski definition) is 8. The molecule has 3 aromatic rings.